The molecular weight excluding hydrogens is 180 g/mol. The van der Waals surface area contributed by atoms with Crippen molar-refractivity contribution in [1.82, 2.24) is 0 Å². The van der Waals surface area contributed by atoms with Crippen LogP contribution in [0, 0.1) is 5.92 Å². The fourth-order valence-electron chi connectivity index (χ4n) is 1.69. The first kappa shape index (κ1) is 9.06. The Balaban J connectivity index is 2.08. The molecule has 1 fully saturated rings. The lowest BCUT2D eigenvalue weighted by Gasteiger charge is -2.01. The number of carboxylic acid groups (broad SMARTS) is 1. The van der Waals surface area contributed by atoms with Crippen molar-refractivity contribution < 1.29 is 14.6 Å². The fourth-order valence-corrected chi connectivity index (χ4v) is 1.69. The monoisotopic (exact) mass is 192 g/mol. The highest BCUT2D eigenvalue weighted by Gasteiger charge is 2.43. The quantitative estimate of drug-likeness (QED) is 0.795. The zero-order chi connectivity index (χ0) is 10.1. The van der Waals surface area contributed by atoms with Gasteiger partial charge in [-0.25, -0.2) is 0 Å². The third-order valence-corrected chi connectivity index (χ3v) is 2.65. The van der Waals surface area contributed by atoms with Gasteiger partial charge in [-0.1, -0.05) is 12.1 Å². The number of aliphatic carboxylic acids is 1. The highest BCUT2D eigenvalue weighted by molar-refractivity contribution is 5.75. The largest absolute Gasteiger partial charge is 0.497 e. The average molecular weight is 192 g/mol. The van der Waals surface area contributed by atoms with E-state index in [4.69, 9.17) is 9.84 Å². The Bertz CT molecular complexity index is 342. The van der Waals surface area contributed by atoms with Crippen molar-refractivity contribution in [2.24, 2.45) is 5.92 Å². The van der Waals surface area contributed by atoms with Crippen LogP contribution in [0.1, 0.15) is 17.9 Å². The van der Waals surface area contributed by atoms with Crippen LogP contribution in [0.4, 0.5) is 0 Å². The summed E-state index contributed by atoms with van der Waals surface area (Å²) >= 11 is 0. The van der Waals surface area contributed by atoms with Crippen LogP contribution in [-0.4, -0.2) is 18.2 Å². The van der Waals surface area contributed by atoms with Crippen LogP contribution in [0.25, 0.3) is 0 Å². The molecule has 0 bridgehead atoms. The Kier molecular flexibility index (Phi) is 2.15. The molecule has 1 unspecified atom stereocenters. The molecule has 3 nitrogen and oxygen atoms in total. The topological polar surface area (TPSA) is 46.5 Å². The maximum Gasteiger partial charge on any atom is 0.307 e. The predicted molar refractivity (Wildman–Crippen MR) is 51.5 cm³/mol. The number of methoxy groups -OCH3 is 1. The van der Waals surface area contributed by atoms with E-state index in [-0.39, 0.29) is 11.8 Å². The molecule has 1 aromatic rings. The van der Waals surface area contributed by atoms with Gasteiger partial charge in [0.25, 0.3) is 0 Å². The van der Waals surface area contributed by atoms with Crippen molar-refractivity contribution >= 4 is 5.97 Å². The standard InChI is InChI=1S/C11H12O3/c1-14-8-4-2-7(3-5-8)9-6-10(9)11(12)13/h2-5,9-10H,6H2,1H3,(H,12,13)/t9-,10?/m1/s1. The minimum absolute atomic E-state index is 0.177. The lowest BCUT2D eigenvalue weighted by atomic mass is 10.1. The molecule has 3 heteroatoms. The number of ether oxygens (including phenoxy) is 1. The van der Waals surface area contributed by atoms with Gasteiger partial charge in [-0.3, -0.25) is 4.79 Å². The van der Waals surface area contributed by atoms with Gasteiger partial charge in [-0.05, 0) is 30.0 Å². The molecule has 14 heavy (non-hydrogen) atoms. The average Bonchev–Trinajstić information content (AvgIpc) is 2.97. The molecule has 0 radical (unpaired) electrons. The molecule has 2 rings (SSSR count). The van der Waals surface area contributed by atoms with Gasteiger partial charge < -0.3 is 9.84 Å². The SMILES string of the molecule is COc1ccc([C@H]2CC2C(=O)O)cc1. The van der Waals surface area contributed by atoms with E-state index >= 15 is 0 Å². The van der Waals surface area contributed by atoms with E-state index < -0.39 is 5.97 Å². The van der Waals surface area contributed by atoms with Gasteiger partial charge in [0.2, 0.25) is 0 Å². The van der Waals surface area contributed by atoms with Crippen molar-refractivity contribution in [1.29, 1.82) is 0 Å². The summed E-state index contributed by atoms with van der Waals surface area (Å²) < 4.78 is 5.03. The summed E-state index contributed by atoms with van der Waals surface area (Å²) in [5, 5.41) is 8.76. The molecule has 0 heterocycles. The number of carboxylic acids is 1. The summed E-state index contributed by atoms with van der Waals surface area (Å²) in [6, 6.07) is 7.61. The second-order valence-corrected chi connectivity index (χ2v) is 3.56. The lowest BCUT2D eigenvalue weighted by molar-refractivity contribution is -0.138. The molecule has 0 spiro atoms. The molecule has 2 atom stereocenters. The van der Waals surface area contributed by atoms with E-state index in [2.05, 4.69) is 0 Å². The molecule has 1 aliphatic carbocycles. The van der Waals surface area contributed by atoms with E-state index in [1.165, 1.54) is 0 Å². The lowest BCUT2D eigenvalue weighted by Crippen LogP contribution is -1.98. The highest BCUT2D eigenvalue weighted by Crippen LogP contribution is 2.47. The van der Waals surface area contributed by atoms with Gasteiger partial charge in [0.1, 0.15) is 5.75 Å². The normalized spacial score (nSPS) is 24.4. The first-order valence-corrected chi connectivity index (χ1v) is 4.59. The van der Waals surface area contributed by atoms with Gasteiger partial charge in [-0.15, -0.1) is 0 Å². The van der Waals surface area contributed by atoms with Crippen LogP contribution in [0.3, 0.4) is 0 Å². The van der Waals surface area contributed by atoms with Crippen LogP contribution in [0.5, 0.6) is 5.75 Å². The zero-order valence-electron chi connectivity index (χ0n) is 7.93. The third kappa shape index (κ3) is 1.58. The van der Waals surface area contributed by atoms with Crippen LogP contribution >= 0.6 is 0 Å². The predicted octanol–water partition coefficient (Wildman–Crippen LogP) is 1.88. The molecule has 74 valence electrons. The second kappa shape index (κ2) is 3.33. The number of hydrogen-bond acceptors (Lipinski definition) is 2. The van der Waals surface area contributed by atoms with Crippen LogP contribution in [-0.2, 0) is 4.79 Å². The second-order valence-electron chi connectivity index (χ2n) is 3.56. The first-order chi connectivity index (χ1) is 6.72. The Morgan fingerprint density at radius 3 is 2.50 bits per heavy atom. The minimum atomic E-state index is -0.689. The fraction of sp³-hybridized carbons (Fsp3) is 0.364. The van der Waals surface area contributed by atoms with Crippen molar-refractivity contribution in [3.05, 3.63) is 29.8 Å². The van der Waals surface area contributed by atoms with E-state index in [9.17, 15) is 4.79 Å². The van der Waals surface area contributed by atoms with Crippen molar-refractivity contribution in [3.63, 3.8) is 0 Å². The Hall–Kier alpha value is -1.51. The molecule has 1 aromatic carbocycles. The number of hydrogen-bond donors (Lipinski definition) is 1. The maximum absolute atomic E-state index is 10.6. The third-order valence-electron chi connectivity index (χ3n) is 2.65. The maximum atomic E-state index is 10.6. The zero-order valence-corrected chi connectivity index (χ0v) is 7.93. The van der Waals surface area contributed by atoms with Crippen LogP contribution in [0.2, 0.25) is 0 Å². The smallest absolute Gasteiger partial charge is 0.307 e. The summed E-state index contributed by atoms with van der Waals surface area (Å²) in [7, 11) is 1.62. The van der Waals surface area contributed by atoms with Crippen molar-refractivity contribution in [2.45, 2.75) is 12.3 Å². The van der Waals surface area contributed by atoms with Gasteiger partial charge in [-0.2, -0.15) is 0 Å². The number of rotatable bonds is 3. The number of carbonyl (C=O) groups is 1. The first-order valence-electron chi connectivity index (χ1n) is 4.59. The summed E-state index contributed by atoms with van der Waals surface area (Å²) in [4.78, 5) is 10.6. The van der Waals surface area contributed by atoms with Gasteiger partial charge in [0.15, 0.2) is 0 Å². The number of benzene rings is 1. The summed E-state index contributed by atoms with van der Waals surface area (Å²) in [5.74, 6) is 0.147. The molecular formula is C11H12O3. The molecule has 1 aliphatic rings. The van der Waals surface area contributed by atoms with E-state index in [0.29, 0.717) is 0 Å². The molecule has 0 aliphatic heterocycles. The van der Waals surface area contributed by atoms with Crippen molar-refractivity contribution in [3.8, 4) is 5.75 Å². The molecule has 0 aromatic heterocycles. The summed E-state index contributed by atoms with van der Waals surface area (Å²) in [6.45, 7) is 0. The summed E-state index contributed by atoms with van der Waals surface area (Å²) in [6.07, 6.45) is 0.766. The van der Waals surface area contributed by atoms with Gasteiger partial charge in [0.05, 0.1) is 13.0 Å². The van der Waals surface area contributed by atoms with Gasteiger partial charge >= 0.3 is 5.97 Å². The van der Waals surface area contributed by atoms with Crippen molar-refractivity contribution in [2.75, 3.05) is 7.11 Å². The van der Waals surface area contributed by atoms with Crippen LogP contribution < -0.4 is 4.74 Å². The van der Waals surface area contributed by atoms with Gasteiger partial charge in [0, 0.05) is 0 Å². The summed E-state index contributed by atoms with van der Waals surface area (Å²) in [5.41, 5.74) is 1.10. The molecule has 1 N–H and O–H groups in total. The molecule has 0 amide bonds. The molecule has 0 saturated heterocycles. The van der Waals surface area contributed by atoms with E-state index in [1.54, 1.807) is 7.11 Å². The minimum Gasteiger partial charge on any atom is -0.497 e. The highest BCUT2D eigenvalue weighted by atomic mass is 16.5. The Morgan fingerprint density at radius 2 is 2.07 bits per heavy atom. The van der Waals surface area contributed by atoms with E-state index in [1.807, 2.05) is 24.3 Å². The van der Waals surface area contributed by atoms with E-state index in [0.717, 1.165) is 17.7 Å². The Morgan fingerprint density at radius 1 is 1.43 bits per heavy atom. The van der Waals surface area contributed by atoms with Crippen LogP contribution in [0.15, 0.2) is 24.3 Å². The molecule has 1 saturated carbocycles. The Labute approximate surface area is 82.3 Å².